The fourth-order valence-electron chi connectivity index (χ4n) is 6.95. The summed E-state index contributed by atoms with van der Waals surface area (Å²) >= 11 is 0. The molecule has 0 unspecified atom stereocenters. The molecular weight excluding hydrogens is 747 g/mol. The van der Waals surface area contributed by atoms with Gasteiger partial charge < -0.3 is 9.52 Å². The van der Waals surface area contributed by atoms with Crippen molar-refractivity contribution in [2.24, 2.45) is 17.8 Å². The molecule has 0 saturated carbocycles. The molecule has 0 aliphatic heterocycles. The van der Waals surface area contributed by atoms with Gasteiger partial charge in [-0.15, -0.1) is 23.6 Å². The Morgan fingerprint density at radius 1 is 0.935 bits per heavy atom. The van der Waals surface area contributed by atoms with E-state index in [1.807, 2.05) is 40.0 Å². The molecule has 0 fully saturated rings. The minimum atomic E-state index is -0.192. The number of fused-ring (bicyclic) bond motifs is 3. The number of ketones is 1. The van der Waals surface area contributed by atoms with Gasteiger partial charge in [-0.25, -0.2) is 0 Å². The smallest absolute Gasteiger partial charge is 0.162 e. The van der Waals surface area contributed by atoms with Gasteiger partial charge in [0, 0.05) is 60.7 Å². The maximum atomic E-state index is 11.7. The summed E-state index contributed by atoms with van der Waals surface area (Å²) in [7, 11) is 0. The molecule has 2 aromatic heterocycles. The van der Waals surface area contributed by atoms with Crippen molar-refractivity contribution in [2.75, 3.05) is 0 Å². The minimum Gasteiger partial charge on any atom is -0.512 e. The number of benzene rings is 3. The third-order valence-electron chi connectivity index (χ3n) is 9.70. The molecule has 6 rings (SSSR count). The molecule has 4 nitrogen and oxygen atoms in total. The number of nitrogens with zero attached hydrogens (tertiary/aromatic N) is 1. The number of aliphatic hydroxyl groups excluding tert-OH is 1. The van der Waals surface area contributed by atoms with Crippen LogP contribution in [0.3, 0.4) is 0 Å². The molecule has 1 aliphatic rings. The van der Waals surface area contributed by atoms with E-state index in [4.69, 9.17) is 9.40 Å². The van der Waals surface area contributed by atoms with Crippen LogP contribution in [-0.4, -0.2) is 15.9 Å². The normalized spacial score (nSPS) is 13.7. The molecule has 5 aromatic rings. The Kier molecular flexibility index (Phi) is 11.3. The van der Waals surface area contributed by atoms with E-state index in [0.29, 0.717) is 5.92 Å². The second kappa shape index (κ2) is 14.7. The summed E-state index contributed by atoms with van der Waals surface area (Å²) in [5, 5.41) is 14.5. The van der Waals surface area contributed by atoms with Gasteiger partial charge in [0.25, 0.3) is 0 Å². The Morgan fingerprint density at radius 2 is 1.61 bits per heavy atom. The maximum absolute atomic E-state index is 11.7. The largest absolute Gasteiger partial charge is 0.512 e. The minimum absolute atomic E-state index is 0. The van der Waals surface area contributed by atoms with Crippen molar-refractivity contribution in [3.8, 4) is 11.3 Å². The van der Waals surface area contributed by atoms with Crippen molar-refractivity contribution in [1.82, 2.24) is 4.98 Å². The van der Waals surface area contributed by atoms with Crippen molar-refractivity contribution < 1.29 is 34.4 Å². The number of furan rings is 1. The Hall–Kier alpha value is -3.27. The van der Waals surface area contributed by atoms with E-state index in [1.165, 1.54) is 33.5 Å². The topological polar surface area (TPSA) is 63.3 Å². The summed E-state index contributed by atoms with van der Waals surface area (Å²) in [5.74, 6) is 1.12. The van der Waals surface area contributed by atoms with Crippen LogP contribution in [-0.2, 0) is 36.7 Å². The van der Waals surface area contributed by atoms with Crippen molar-refractivity contribution in [1.29, 1.82) is 0 Å². The molecule has 46 heavy (non-hydrogen) atoms. The van der Waals surface area contributed by atoms with Crippen LogP contribution in [0.25, 0.3) is 44.0 Å². The summed E-state index contributed by atoms with van der Waals surface area (Å²) in [4.78, 5) is 16.6. The summed E-state index contributed by atoms with van der Waals surface area (Å²) in [5.41, 5.74) is 7.68. The molecule has 245 valence electrons. The summed E-state index contributed by atoms with van der Waals surface area (Å²) in [6.07, 6.45) is 7.78. The molecule has 0 atom stereocenters. The van der Waals surface area contributed by atoms with Crippen molar-refractivity contribution in [2.45, 2.75) is 92.9 Å². The zero-order chi connectivity index (χ0) is 32.5. The van der Waals surface area contributed by atoms with E-state index >= 15 is 0 Å². The molecule has 1 radical (unpaired) electrons. The number of carbonyl (C=O) groups excluding carboxylic acids is 1. The molecule has 0 saturated heterocycles. The summed E-state index contributed by atoms with van der Waals surface area (Å²) in [6, 6.07) is 21.1. The third kappa shape index (κ3) is 6.60. The first-order valence-corrected chi connectivity index (χ1v) is 16.8. The number of allylic oxidation sites excluding steroid dienone is 2. The van der Waals surface area contributed by atoms with Crippen LogP contribution in [0, 0.1) is 23.8 Å². The van der Waals surface area contributed by atoms with Crippen LogP contribution in [0.15, 0.2) is 71.0 Å². The average Bonchev–Trinajstić information content (AvgIpc) is 3.39. The molecule has 5 heteroatoms. The van der Waals surface area contributed by atoms with Gasteiger partial charge in [0.1, 0.15) is 11.2 Å². The predicted molar refractivity (Wildman–Crippen MR) is 188 cm³/mol. The molecule has 1 N–H and O–H groups in total. The Balaban J connectivity index is 0.000000259. The number of carbonyl (C=O) groups is 1. The zero-order valence-corrected chi connectivity index (χ0v) is 31.0. The zero-order valence-electron chi connectivity index (χ0n) is 28.6. The van der Waals surface area contributed by atoms with Gasteiger partial charge in [-0.05, 0) is 60.6 Å². The Bertz CT molecular complexity index is 1870. The molecule has 0 bridgehead atoms. The van der Waals surface area contributed by atoms with Crippen LogP contribution in [0.2, 0.25) is 0 Å². The van der Waals surface area contributed by atoms with Gasteiger partial charge in [0.2, 0.25) is 0 Å². The van der Waals surface area contributed by atoms with Crippen LogP contribution >= 0.6 is 0 Å². The van der Waals surface area contributed by atoms with E-state index in [9.17, 15) is 9.90 Å². The molecule has 2 heterocycles. The number of rotatable bonds is 9. The van der Waals surface area contributed by atoms with Crippen molar-refractivity contribution in [3.05, 3.63) is 89.3 Å². The second-order valence-corrected chi connectivity index (χ2v) is 13.5. The quantitative estimate of drug-likeness (QED) is 0.0917. The fourth-order valence-corrected chi connectivity index (χ4v) is 6.95. The van der Waals surface area contributed by atoms with Crippen LogP contribution in [0.5, 0.6) is 0 Å². The van der Waals surface area contributed by atoms with Crippen molar-refractivity contribution in [3.63, 3.8) is 0 Å². The Morgan fingerprint density at radius 3 is 2.26 bits per heavy atom. The van der Waals surface area contributed by atoms with E-state index in [-0.39, 0.29) is 48.9 Å². The molecule has 0 amide bonds. The van der Waals surface area contributed by atoms with Crippen LogP contribution in [0.1, 0.15) is 97.8 Å². The molecule has 0 spiro atoms. The van der Waals surface area contributed by atoms with Crippen LogP contribution in [0.4, 0.5) is 0 Å². The predicted octanol–water partition coefficient (Wildman–Crippen LogP) is 11.3. The van der Waals surface area contributed by atoms with Gasteiger partial charge in [-0.1, -0.05) is 102 Å². The first-order chi connectivity index (χ1) is 21.5. The van der Waals surface area contributed by atoms with Gasteiger partial charge in [0.15, 0.2) is 5.78 Å². The maximum Gasteiger partial charge on any atom is 0.162 e. The number of aliphatic hydroxyl groups is 1. The van der Waals surface area contributed by atoms with Gasteiger partial charge >= 0.3 is 0 Å². The first kappa shape index (κ1) is 35.6. The molecular formula is C41H48IrNO3-. The first-order valence-electron chi connectivity index (χ1n) is 16.8. The number of hydrogen-bond acceptors (Lipinski definition) is 4. The second-order valence-electron chi connectivity index (χ2n) is 13.5. The van der Waals surface area contributed by atoms with E-state index < -0.39 is 0 Å². The number of aromatic nitrogens is 1. The summed E-state index contributed by atoms with van der Waals surface area (Å²) < 4.78 is 6.48. The van der Waals surface area contributed by atoms with Gasteiger partial charge in [-0.2, -0.15) is 0 Å². The van der Waals surface area contributed by atoms with E-state index in [2.05, 4.69) is 76.2 Å². The molecule has 3 aromatic carbocycles. The summed E-state index contributed by atoms with van der Waals surface area (Å²) in [6.45, 7) is 17.2. The van der Waals surface area contributed by atoms with Gasteiger partial charge in [-0.3, -0.25) is 9.78 Å². The van der Waals surface area contributed by atoms with Gasteiger partial charge in [0.05, 0.1) is 5.76 Å². The number of pyridine rings is 1. The fraction of sp³-hybridized carbons (Fsp3) is 0.415. The van der Waals surface area contributed by atoms with E-state index in [1.54, 1.807) is 0 Å². The standard InChI is InChI=1S/C28H24NO.C13H24O2.Ir/c1-16(2)13-19-9-10-21-24-25-23(30-27(19)24)11-12-29-26(25)20-14-17-7-5-6-8-18(17)15-22(20)28(21,3)4;1-5-10(6-2)12(14)9-13(15)11(7-3)8-4;/h5-12,15-16H,13H2,1-4H3;9-11,14H,5-8H2,1-4H3;/q-1;;/b;12-9-;. The third-order valence-corrected chi connectivity index (χ3v) is 9.70. The SMILES string of the molecule is CC(C)Cc1ccc2c3c1oc1ccnc(c13)-c1[c-]c3ccccc3cc1C2(C)C.CCC(CC)C(=O)/C=C(\O)C(CC)CC.[Ir]. The average molecular weight is 795 g/mol. The van der Waals surface area contributed by atoms with E-state index in [0.717, 1.165) is 65.3 Å². The molecule has 1 aliphatic carbocycles. The number of hydrogen-bond donors (Lipinski definition) is 1. The monoisotopic (exact) mass is 795 g/mol. The van der Waals surface area contributed by atoms with Crippen molar-refractivity contribution >= 4 is 38.5 Å². The van der Waals surface area contributed by atoms with Crippen LogP contribution < -0.4 is 0 Å². The Labute approximate surface area is 288 Å².